The molecule has 0 unspecified atom stereocenters. The van der Waals surface area contributed by atoms with Crippen LogP contribution in [0.25, 0.3) is 21.8 Å². The van der Waals surface area contributed by atoms with E-state index in [1.807, 2.05) is 6.07 Å². The minimum atomic E-state index is -0.312. The number of aromatic nitrogens is 1. The molecule has 0 radical (unpaired) electrons. The molecule has 0 aliphatic heterocycles. The van der Waals surface area contributed by atoms with Gasteiger partial charge >= 0.3 is 0 Å². The topological polar surface area (TPSA) is 51.2 Å². The number of nitrogens with zero attached hydrogens (tertiary/aromatic N) is 1. The second-order valence-electron chi connectivity index (χ2n) is 4.83. The van der Waals surface area contributed by atoms with Crippen molar-refractivity contribution in [1.82, 2.24) is 4.57 Å². The lowest BCUT2D eigenvalue weighted by Gasteiger charge is -2.09. The van der Waals surface area contributed by atoms with Crippen LogP contribution in [-0.2, 0) is 6.54 Å². The zero-order valence-corrected chi connectivity index (χ0v) is 11.0. The van der Waals surface area contributed by atoms with Crippen LogP contribution >= 0.6 is 0 Å². The third kappa shape index (κ3) is 1.82. The lowest BCUT2D eigenvalue weighted by atomic mass is 10.0. The van der Waals surface area contributed by atoms with Gasteiger partial charge in [-0.1, -0.05) is 24.3 Å². The van der Waals surface area contributed by atoms with Gasteiger partial charge in [0.15, 0.2) is 0 Å². The van der Waals surface area contributed by atoms with Gasteiger partial charge in [-0.2, -0.15) is 0 Å². The quantitative estimate of drug-likeness (QED) is 0.755. The van der Waals surface area contributed by atoms with Gasteiger partial charge in [-0.25, -0.2) is 0 Å². The SMILES string of the molecule is CCn1c2ccccc2c2cc([C@@H](N)CO)ccc21. The smallest absolute Gasteiger partial charge is 0.0624 e. The monoisotopic (exact) mass is 254 g/mol. The largest absolute Gasteiger partial charge is 0.394 e. The fraction of sp³-hybridized carbons (Fsp3) is 0.250. The predicted octanol–water partition coefficient (Wildman–Crippen LogP) is 2.81. The molecular weight excluding hydrogens is 236 g/mol. The van der Waals surface area contributed by atoms with Crippen molar-refractivity contribution in [2.24, 2.45) is 5.73 Å². The van der Waals surface area contributed by atoms with E-state index in [-0.39, 0.29) is 12.6 Å². The van der Waals surface area contributed by atoms with Gasteiger partial charge in [0.2, 0.25) is 0 Å². The van der Waals surface area contributed by atoms with Crippen LogP contribution in [0, 0.1) is 0 Å². The Bertz CT molecular complexity index is 730. The molecule has 3 rings (SSSR count). The lowest BCUT2D eigenvalue weighted by molar-refractivity contribution is 0.268. The molecule has 0 amide bonds. The highest BCUT2D eigenvalue weighted by Gasteiger charge is 2.11. The van der Waals surface area contributed by atoms with E-state index in [1.165, 1.54) is 21.8 Å². The normalized spacial score (nSPS) is 13.2. The molecule has 98 valence electrons. The predicted molar refractivity (Wildman–Crippen MR) is 79.1 cm³/mol. The van der Waals surface area contributed by atoms with E-state index in [0.717, 1.165) is 12.1 Å². The number of aliphatic hydroxyl groups is 1. The molecule has 2 aromatic carbocycles. The molecule has 19 heavy (non-hydrogen) atoms. The molecule has 3 aromatic rings. The Morgan fingerprint density at radius 1 is 1.11 bits per heavy atom. The summed E-state index contributed by atoms with van der Waals surface area (Å²) in [5.74, 6) is 0. The Morgan fingerprint density at radius 3 is 2.58 bits per heavy atom. The Hall–Kier alpha value is -1.84. The Labute approximate surface area is 112 Å². The number of hydrogen-bond acceptors (Lipinski definition) is 2. The van der Waals surface area contributed by atoms with Crippen molar-refractivity contribution >= 4 is 21.8 Å². The van der Waals surface area contributed by atoms with Gasteiger partial charge in [-0.05, 0) is 30.7 Å². The Kier molecular flexibility index (Phi) is 3.01. The van der Waals surface area contributed by atoms with E-state index in [0.29, 0.717) is 0 Å². The van der Waals surface area contributed by atoms with Crippen molar-refractivity contribution < 1.29 is 5.11 Å². The third-order valence-corrected chi connectivity index (χ3v) is 3.74. The molecule has 3 nitrogen and oxygen atoms in total. The summed E-state index contributed by atoms with van der Waals surface area (Å²) in [5, 5.41) is 11.6. The average molecular weight is 254 g/mol. The van der Waals surface area contributed by atoms with Crippen molar-refractivity contribution in [1.29, 1.82) is 0 Å². The lowest BCUT2D eigenvalue weighted by Crippen LogP contribution is -2.14. The van der Waals surface area contributed by atoms with Crippen LogP contribution < -0.4 is 5.73 Å². The van der Waals surface area contributed by atoms with Gasteiger partial charge < -0.3 is 15.4 Å². The summed E-state index contributed by atoms with van der Waals surface area (Å²) in [4.78, 5) is 0. The van der Waals surface area contributed by atoms with Crippen molar-refractivity contribution in [2.75, 3.05) is 6.61 Å². The third-order valence-electron chi connectivity index (χ3n) is 3.74. The molecule has 0 saturated heterocycles. The Morgan fingerprint density at radius 2 is 1.84 bits per heavy atom. The van der Waals surface area contributed by atoms with Crippen molar-refractivity contribution in [3.05, 3.63) is 48.0 Å². The maximum absolute atomic E-state index is 9.19. The van der Waals surface area contributed by atoms with Crippen LogP contribution in [0.4, 0.5) is 0 Å². The second-order valence-corrected chi connectivity index (χ2v) is 4.83. The summed E-state index contributed by atoms with van der Waals surface area (Å²) in [6.07, 6.45) is 0. The number of nitrogens with two attached hydrogens (primary N) is 1. The van der Waals surface area contributed by atoms with Gasteiger partial charge in [0.1, 0.15) is 0 Å². The fourth-order valence-corrected chi connectivity index (χ4v) is 2.75. The van der Waals surface area contributed by atoms with Crippen molar-refractivity contribution in [3.8, 4) is 0 Å². The average Bonchev–Trinajstić information content (AvgIpc) is 2.79. The molecule has 1 atom stereocenters. The number of aryl methyl sites for hydroxylation is 1. The van der Waals surface area contributed by atoms with Crippen molar-refractivity contribution in [2.45, 2.75) is 19.5 Å². The summed E-state index contributed by atoms with van der Waals surface area (Å²) >= 11 is 0. The van der Waals surface area contributed by atoms with Crippen LogP contribution in [0.5, 0.6) is 0 Å². The highest BCUT2D eigenvalue weighted by atomic mass is 16.3. The van der Waals surface area contributed by atoms with Gasteiger partial charge in [0.05, 0.1) is 12.6 Å². The first kappa shape index (κ1) is 12.2. The summed E-state index contributed by atoms with van der Waals surface area (Å²) < 4.78 is 2.30. The summed E-state index contributed by atoms with van der Waals surface area (Å²) in [6, 6.07) is 14.3. The van der Waals surface area contributed by atoms with E-state index < -0.39 is 0 Å². The minimum Gasteiger partial charge on any atom is -0.394 e. The van der Waals surface area contributed by atoms with Crippen LogP contribution in [0.2, 0.25) is 0 Å². The number of rotatable bonds is 3. The van der Waals surface area contributed by atoms with Gasteiger partial charge in [-0.15, -0.1) is 0 Å². The van der Waals surface area contributed by atoms with Crippen LogP contribution in [0.3, 0.4) is 0 Å². The molecule has 0 bridgehead atoms. The van der Waals surface area contributed by atoms with E-state index in [2.05, 4.69) is 47.9 Å². The van der Waals surface area contributed by atoms with E-state index in [9.17, 15) is 5.11 Å². The fourth-order valence-electron chi connectivity index (χ4n) is 2.75. The maximum Gasteiger partial charge on any atom is 0.0624 e. The standard InChI is InChI=1S/C16H18N2O/c1-2-18-15-6-4-3-5-12(15)13-9-11(14(17)10-19)7-8-16(13)18/h3-9,14,19H,2,10,17H2,1H3/t14-/m0/s1. The number of aliphatic hydroxyl groups excluding tert-OH is 1. The summed E-state index contributed by atoms with van der Waals surface area (Å²) in [5.41, 5.74) is 9.36. The molecule has 0 aliphatic rings. The Balaban J connectivity index is 2.36. The first-order chi connectivity index (χ1) is 9.26. The maximum atomic E-state index is 9.19. The highest BCUT2D eigenvalue weighted by Crippen LogP contribution is 2.30. The van der Waals surface area contributed by atoms with Gasteiger partial charge in [-0.3, -0.25) is 0 Å². The van der Waals surface area contributed by atoms with E-state index >= 15 is 0 Å². The molecule has 0 spiro atoms. The molecule has 0 fully saturated rings. The summed E-state index contributed by atoms with van der Waals surface area (Å²) in [7, 11) is 0. The zero-order chi connectivity index (χ0) is 13.4. The summed E-state index contributed by atoms with van der Waals surface area (Å²) in [6.45, 7) is 3.06. The van der Waals surface area contributed by atoms with Crippen LogP contribution in [0.15, 0.2) is 42.5 Å². The molecule has 3 N–H and O–H groups in total. The molecule has 3 heteroatoms. The number of para-hydroxylation sites is 1. The van der Waals surface area contributed by atoms with E-state index in [1.54, 1.807) is 0 Å². The molecule has 1 aromatic heterocycles. The zero-order valence-electron chi connectivity index (χ0n) is 11.0. The van der Waals surface area contributed by atoms with Gasteiger partial charge in [0.25, 0.3) is 0 Å². The molecular formula is C16H18N2O. The highest BCUT2D eigenvalue weighted by molar-refractivity contribution is 6.08. The number of fused-ring (bicyclic) bond motifs is 3. The molecule has 0 saturated carbocycles. The number of hydrogen-bond donors (Lipinski definition) is 2. The minimum absolute atomic E-state index is 0.0298. The first-order valence-corrected chi connectivity index (χ1v) is 6.63. The first-order valence-electron chi connectivity index (χ1n) is 6.63. The van der Waals surface area contributed by atoms with Crippen LogP contribution in [-0.4, -0.2) is 16.3 Å². The molecule has 1 heterocycles. The van der Waals surface area contributed by atoms with Crippen LogP contribution in [0.1, 0.15) is 18.5 Å². The van der Waals surface area contributed by atoms with E-state index in [4.69, 9.17) is 5.73 Å². The molecule has 0 aliphatic carbocycles. The number of benzene rings is 2. The van der Waals surface area contributed by atoms with Crippen molar-refractivity contribution in [3.63, 3.8) is 0 Å². The van der Waals surface area contributed by atoms with Gasteiger partial charge in [0, 0.05) is 28.4 Å². The second kappa shape index (κ2) is 4.68.